The summed E-state index contributed by atoms with van der Waals surface area (Å²) in [4.78, 5) is 8.68. The van der Waals surface area contributed by atoms with Gasteiger partial charge in [-0.3, -0.25) is 0 Å². The maximum Gasteiger partial charge on any atom is 0.157 e. The molecule has 0 aliphatic carbocycles. The molecule has 0 aliphatic heterocycles. The van der Waals surface area contributed by atoms with Gasteiger partial charge in [0.25, 0.3) is 0 Å². The molecule has 0 fully saturated rings. The van der Waals surface area contributed by atoms with Crippen molar-refractivity contribution in [2.75, 3.05) is 5.73 Å². The molecule has 90 valence electrons. The number of aryl methyl sites for hydroxylation is 1. The highest BCUT2D eigenvalue weighted by atomic mass is 79.9. The summed E-state index contributed by atoms with van der Waals surface area (Å²) < 4.78 is 2.29. The second-order valence-electron chi connectivity index (χ2n) is 4.04. The standard InChI is InChI=1S/C10H13BrN6/c1-5(2)10-13-6(4-7(12)14-10)8-9(11)15-16-17(8)3/h4-5H,1-3H3,(H2,12,13,14). The maximum atomic E-state index is 5.79. The molecule has 0 radical (unpaired) electrons. The van der Waals surface area contributed by atoms with E-state index >= 15 is 0 Å². The van der Waals surface area contributed by atoms with E-state index in [1.165, 1.54) is 0 Å². The first-order valence-corrected chi connectivity index (χ1v) is 5.98. The first-order chi connectivity index (χ1) is 7.99. The lowest BCUT2D eigenvalue weighted by molar-refractivity contribution is 0.715. The van der Waals surface area contributed by atoms with Crippen molar-refractivity contribution in [1.82, 2.24) is 25.0 Å². The summed E-state index contributed by atoms with van der Waals surface area (Å²) in [7, 11) is 1.81. The Morgan fingerprint density at radius 1 is 1.35 bits per heavy atom. The van der Waals surface area contributed by atoms with E-state index in [-0.39, 0.29) is 5.92 Å². The highest BCUT2D eigenvalue weighted by Gasteiger charge is 2.15. The Bertz CT molecular complexity index is 528. The average Bonchev–Trinajstić information content (AvgIpc) is 2.57. The van der Waals surface area contributed by atoms with E-state index in [1.54, 1.807) is 17.8 Å². The fourth-order valence-electron chi connectivity index (χ4n) is 1.47. The van der Waals surface area contributed by atoms with E-state index in [1.807, 2.05) is 13.8 Å². The summed E-state index contributed by atoms with van der Waals surface area (Å²) in [5.41, 5.74) is 7.30. The van der Waals surface area contributed by atoms with E-state index in [4.69, 9.17) is 5.73 Å². The zero-order chi connectivity index (χ0) is 12.6. The molecule has 0 aliphatic rings. The van der Waals surface area contributed by atoms with Crippen LogP contribution in [-0.2, 0) is 7.05 Å². The predicted octanol–water partition coefficient (Wildman–Crippen LogP) is 1.74. The molecule has 2 rings (SSSR count). The van der Waals surface area contributed by atoms with Gasteiger partial charge in [0.1, 0.15) is 17.3 Å². The third-order valence-corrected chi connectivity index (χ3v) is 2.84. The quantitative estimate of drug-likeness (QED) is 0.913. The van der Waals surface area contributed by atoms with Gasteiger partial charge in [-0.05, 0) is 15.9 Å². The number of anilines is 1. The minimum absolute atomic E-state index is 0.220. The van der Waals surface area contributed by atoms with E-state index < -0.39 is 0 Å². The second kappa shape index (κ2) is 4.40. The molecular weight excluding hydrogens is 284 g/mol. The monoisotopic (exact) mass is 296 g/mol. The van der Waals surface area contributed by atoms with Crippen molar-refractivity contribution in [2.45, 2.75) is 19.8 Å². The molecule has 17 heavy (non-hydrogen) atoms. The van der Waals surface area contributed by atoms with E-state index in [9.17, 15) is 0 Å². The molecule has 0 aromatic carbocycles. The van der Waals surface area contributed by atoms with Crippen LogP contribution in [0.3, 0.4) is 0 Å². The number of aromatic nitrogens is 5. The van der Waals surface area contributed by atoms with Crippen LogP contribution in [0.1, 0.15) is 25.6 Å². The van der Waals surface area contributed by atoms with Gasteiger partial charge in [-0.15, -0.1) is 5.10 Å². The zero-order valence-corrected chi connectivity index (χ0v) is 11.4. The Hall–Kier alpha value is -1.50. The minimum Gasteiger partial charge on any atom is -0.384 e. The van der Waals surface area contributed by atoms with Crippen molar-refractivity contribution in [2.24, 2.45) is 7.05 Å². The van der Waals surface area contributed by atoms with Crippen molar-refractivity contribution >= 4 is 21.7 Å². The summed E-state index contributed by atoms with van der Waals surface area (Å²) in [6.45, 7) is 4.05. The maximum absolute atomic E-state index is 5.79. The van der Waals surface area contributed by atoms with E-state index in [0.717, 1.165) is 11.4 Å². The number of halogens is 1. The lowest BCUT2D eigenvalue weighted by atomic mass is 10.2. The smallest absolute Gasteiger partial charge is 0.157 e. The largest absolute Gasteiger partial charge is 0.384 e. The Morgan fingerprint density at radius 2 is 2.06 bits per heavy atom. The minimum atomic E-state index is 0.220. The SMILES string of the molecule is CC(C)c1nc(N)cc(-c2c(Br)nnn2C)n1. The van der Waals surface area contributed by atoms with Gasteiger partial charge in [0.05, 0.1) is 5.69 Å². The van der Waals surface area contributed by atoms with Gasteiger partial charge in [-0.25, -0.2) is 14.6 Å². The van der Waals surface area contributed by atoms with Crippen LogP contribution in [0.25, 0.3) is 11.4 Å². The molecule has 0 amide bonds. The Kier molecular flexibility index (Phi) is 3.10. The molecule has 6 nitrogen and oxygen atoms in total. The molecule has 2 aromatic heterocycles. The van der Waals surface area contributed by atoms with E-state index in [0.29, 0.717) is 16.2 Å². The Labute approximate surface area is 107 Å². The van der Waals surface area contributed by atoms with Crippen LogP contribution < -0.4 is 5.73 Å². The number of nitrogen functional groups attached to an aromatic ring is 1. The molecule has 0 saturated carbocycles. The number of hydrogen-bond acceptors (Lipinski definition) is 5. The average molecular weight is 297 g/mol. The number of nitrogens with two attached hydrogens (primary N) is 1. The highest BCUT2D eigenvalue weighted by Crippen LogP contribution is 2.26. The lowest BCUT2D eigenvalue weighted by Gasteiger charge is -2.08. The molecule has 0 unspecified atom stereocenters. The second-order valence-corrected chi connectivity index (χ2v) is 4.79. The summed E-state index contributed by atoms with van der Waals surface area (Å²) in [5.74, 6) is 1.39. The first kappa shape index (κ1) is 12.0. The molecule has 0 saturated heterocycles. The summed E-state index contributed by atoms with van der Waals surface area (Å²) in [5, 5.41) is 7.84. The van der Waals surface area contributed by atoms with Crippen LogP contribution in [0.5, 0.6) is 0 Å². The van der Waals surface area contributed by atoms with Crippen LogP contribution in [0.4, 0.5) is 5.82 Å². The fraction of sp³-hybridized carbons (Fsp3) is 0.400. The van der Waals surface area contributed by atoms with Gasteiger partial charge in [-0.1, -0.05) is 19.1 Å². The third kappa shape index (κ3) is 2.28. The zero-order valence-electron chi connectivity index (χ0n) is 9.85. The van der Waals surface area contributed by atoms with Gasteiger partial charge in [0.15, 0.2) is 4.60 Å². The summed E-state index contributed by atoms with van der Waals surface area (Å²) in [6.07, 6.45) is 0. The number of rotatable bonds is 2. The van der Waals surface area contributed by atoms with Gasteiger partial charge < -0.3 is 5.73 Å². The van der Waals surface area contributed by atoms with Gasteiger partial charge in [-0.2, -0.15) is 0 Å². The lowest BCUT2D eigenvalue weighted by Crippen LogP contribution is -2.05. The highest BCUT2D eigenvalue weighted by molar-refractivity contribution is 9.10. The van der Waals surface area contributed by atoms with Crippen LogP contribution in [0.2, 0.25) is 0 Å². The van der Waals surface area contributed by atoms with Crippen LogP contribution in [0.15, 0.2) is 10.7 Å². The fourth-order valence-corrected chi connectivity index (χ4v) is 2.00. The molecule has 0 atom stereocenters. The molecule has 0 spiro atoms. The first-order valence-electron chi connectivity index (χ1n) is 5.19. The molecule has 2 aromatic rings. The van der Waals surface area contributed by atoms with Crippen molar-refractivity contribution in [3.63, 3.8) is 0 Å². The van der Waals surface area contributed by atoms with Gasteiger partial charge in [0, 0.05) is 19.0 Å². The van der Waals surface area contributed by atoms with Gasteiger partial charge >= 0.3 is 0 Å². The number of nitrogens with zero attached hydrogens (tertiary/aromatic N) is 5. The summed E-state index contributed by atoms with van der Waals surface area (Å²) in [6, 6.07) is 1.72. The third-order valence-electron chi connectivity index (χ3n) is 2.31. The van der Waals surface area contributed by atoms with Crippen LogP contribution >= 0.6 is 15.9 Å². The van der Waals surface area contributed by atoms with Crippen molar-refractivity contribution in [3.8, 4) is 11.4 Å². The van der Waals surface area contributed by atoms with Gasteiger partial charge in [0.2, 0.25) is 0 Å². The molecule has 2 N–H and O–H groups in total. The van der Waals surface area contributed by atoms with Crippen molar-refractivity contribution < 1.29 is 0 Å². The van der Waals surface area contributed by atoms with Crippen LogP contribution in [-0.4, -0.2) is 25.0 Å². The molecule has 0 bridgehead atoms. The Balaban J connectivity index is 2.60. The number of hydrogen-bond donors (Lipinski definition) is 1. The van der Waals surface area contributed by atoms with Crippen molar-refractivity contribution in [3.05, 3.63) is 16.5 Å². The molecule has 7 heteroatoms. The molecule has 2 heterocycles. The van der Waals surface area contributed by atoms with Crippen molar-refractivity contribution in [1.29, 1.82) is 0 Å². The Morgan fingerprint density at radius 3 is 2.59 bits per heavy atom. The topological polar surface area (TPSA) is 82.5 Å². The van der Waals surface area contributed by atoms with Crippen LogP contribution in [0, 0.1) is 0 Å². The van der Waals surface area contributed by atoms with E-state index in [2.05, 4.69) is 36.2 Å². The normalized spacial score (nSPS) is 11.1. The predicted molar refractivity (Wildman–Crippen MR) is 68.2 cm³/mol. The summed E-state index contributed by atoms with van der Waals surface area (Å²) >= 11 is 3.34. The molecular formula is C10H13BrN6.